The van der Waals surface area contributed by atoms with Crippen LogP contribution in [0, 0.1) is 0 Å². The van der Waals surface area contributed by atoms with Gasteiger partial charge in [-0.05, 0) is 0 Å². The van der Waals surface area contributed by atoms with Crippen molar-refractivity contribution in [2.24, 2.45) is 0 Å². The summed E-state index contributed by atoms with van der Waals surface area (Å²) in [5, 5.41) is 22.4. The summed E-state index contributed by atoms with van der Waals surface area (Å²) in [5.41, 5.74) is 0.0405. The molecule has 10 nitrogen and oxygen atoms in total. The van der Waals surface area contributed by atoms with Crippen molar-refractivity contribution >= 4 is 52.0 Å². The Balaban J connectivity index is 1.77. The fourth-order valence-electron chi connectivity index (χ4n) is 2.55. The number of carbonyl (C=O) groups excluding carboxylic acids is 2. The number of β-lactam (4-membered cyclic amide) rings is 1. The van der Waals surface area contributed by atoms with Gasteiger partial charge in [0.2, 0.25) is 0 Å². The molecule has 0 aliphatic carbocycles. The van der Waals surface area contributed by atoms with E-state index in [1.807, 2.05) is 0 Å². The number of carboxylic acids is 2. The standard InChI is InChI=1S/C14H13N3O7S2/c1-5(18)24-2-6-3-25-11-8(10(19)17(11)9(6)13(22)23)16-14-15-7(4-26-14)12(20)21/h4,8,11H,2-3H2,1H3,(H,15,16)(H,20,21)(H,22,23)/t8-,11-/m1/s1. The number of aliphatic carboxylic acids is 1. The van der Waals surface area contributed by atoms with E-state index in [4.69, 9.17) is 9.84 Å². The first-order valence-corrected chi connectivity index (χ1v) is 9.21. The minimum Gasteiger partial charge on any atom is -0.477 e. The predicted molar refractivity (Wildman–Crippen MR) is 90.9 cm³/mol. The number of ether oxygens (including phenoxy) is 1. The number of aromatic nitrogens is 1. The maximum Gasteiger partial charge on any atom is 0.355 e. The van der Waals surface area contributed by atoms with E-state index in [0.29, 0.717) is 11.3 Å². The van der Waals surface area contributed by atoms with Gasteiger partial charge in [0, 0.05) is 23.6 Å². The number of thiazole rings is 1. The molecule has 0 spiro atoms. The lowest BCUT2D eigenvalue weighted by molar-refractivity contribution is -0.147. The summed E-state index contributed by atoms with van der Waals surface area (Å²) in [6.07, 6.45) is 0. The molecule has 1 saturated heterocycles. The van der Waals surface area contributed by atoms with Gasteiger partial charge in [-0.2, -0.15) is 0 Å². The van der Waals surface area contributed by atoms with Gasteiger partial charge in [0.15, 0.2) is 10.8 Å². The second kappa shape index (κ2) is 6.96. The van der Waals surface area contributed by atoms with Crippen LogP contribution in [0.5, 0.6) is 0 Å². The van der Waals surface area contributed by atoms with Crippen LogP contribution in [-0.2, 0) is 19.1 Å². The Kier molecular flexibility index (Phi) is 4.87. The number of nitrogens with one attached hydrogen (secondary N) is 1. The number of rotatable bonds is 6. The van der Waals surface area contributed by atoms with Gasteiger partial charge in [0.1, 0.15) is 23.7 Å². The summed E-state index contributed by atoms with van der Waals surface area (Å²) in [6.45, 7) is 1.03. The molecule has 2 aliphatic rings. The molecule has 1 aromatic heterocycles. The smallest absolute Gasteiger partial charge is 0.355 e. The molecule has 0 unspecified atom stereocenters. The molecule has 0 aromatic carbocycles. The number of anilines is 1. The number of nitrogens with zero attached hydrogens (tertiary/aromatic N) is 2. The van der Waals surface area contributed by atoms with Gasteiger partial charge < -0.3 is 20.3 Å². The highest BCUT2D eigenvalue weighted by atomic mass is 32.2. The van der Waals surface area contributed by atoms with Crippen LogP contribution in [0.25, 0.3) is 0 Å². The Morgan fingerprint density at radius 3 is 2.69 bits per heavy atom. The maximum absolute atomic E-state index is 12.4. The second-order valence-corrected chi connectivity index (χ2v) is 7.38. The zero-order valence-corrected chi connectivity index (χ0v) is 14.9. The van der Waals surface area contributed by atoms with Crippen LogP contribution < -0.4 is 5.32 Å². The van der Waals surface area contributed by atoms with E-state index in [-0.39, 0.29) is 23.1 Å². The normalized spacial score (nSPS) is 21.7. The third-order valence-corrected chi connectivity index (χ3v) is 5.81. The zero-order valence-electron chi connectivity index (χ0n) is 13.3. The molecule has 0 radical (unpaired) electrons. The van der Waals surface area contributed by atoms with Crippen molar-refractivity contribution in [1.29, 1.82) is 0 Å². The highest BCUT2D eigenvalue weighted by Gasteiger charge is 2.54. The van der Waals surface area contributed by atoms with Crippen LogP contribution in [-0.4, -0.2) is 67.7 Å². The van der Waals surface area contributed by atoms with E-state index in [0.717, 1.165) is 16.2 Å². The maximum atomic E-state index is 12.4. The summed E-state index contributed by atoms with van der Waals surface area (Å²) in [5.74, 6) is -3.16. The summed E-state index contributed by atoms with van der Waals surface area (Å²) < 4.78 is 4.86. The first-order chi connectivity index (χ1) is 12.3. The number of carbonyl (C=O) groups is 4. The van der Waals surface area contributed by atoms with E-state index in [2.05, 4.69) is 10.3 Å². The van der Waals surface area contributed by atoms with Crippen molar-refractivity contribution in [2.75, 3.05) is 17.7 Å². The number of amides is 1. The quantitative estimate of drug-likeness (QED) is 0.455. The SMILES string of the molecule is CC(=O)OCC1=C(C(=O)O)N2C(=O)[C@@H](Nc3nc(C(=O)O)cs3)[C@H]2SC1. The molecule has 138 valence electrons. The Labute approximate surface area is 154 Å². The number of hydrogen-bond acceptors (Lipinski definition) is 9. The average Bonchev–Trinajstić information content (AvgIpc) is 3.05. The average molecular weight is 399 g/mol. The number of hydrogen-bond donors (Lipinski definition) is 3. The van der Waals surface area contributed by atoms with Crippen LogP contribution >= 0.6 is 23.1 Å². The Hall–Kier alpha value is -2.60. The van der Waals surface area contributed by atoms with Crippen LogP contribution in [0.3, 0.4) is 0 Å². The molecule has 1 amide bonds. The number of fused-ring (bicyclic) bond motifs is 1. The van der Waals surface area contributed by atoms with E-state index in [1.165, 1.54) is 24.1 Å². The minimum atomic E-state index is -1.27. The summed E-state index contributed by atoms with van der Waals surface area (Å²) >= 11 is 2.38. The van der Waals surface area contributed by atoms with Crippen LogP contribution in [0.1, 0.15) is 17.4 Å². The van der Waals surface area contributed by atoms with Crippen molar-refractivity contribution < 1.29 is 34.1 Å². The highest BCUT2D eigenvalue weighted by molar-refractivity contribution is 8.00. The molecule has 12 heteroatoms. The molecule has 26 heavy (non-hydrogen) atoms. The third-order valence-electron chi connectivity index (χ3n) is 3.70. The van der Waals surface area contributed by atoms with Gasteiger partial charge >= 0.3 is 17.9 Å². The van der Waals surface area contributed by atoms with Gasteiger partial charge in [-0.25, -0.2) is 14.6 Å². The van der Waals surface area contributed by atoms with E-state index < -0.39 is 35.2 Å². The first kappa shape index (κ1) is 18.2. The molecule has 3 heterocycles. The van der Waals surface area contributed by atoms with Gasteiger partial charge in [-0.15, -0.1) is 23.1 Å². The van der Waals surface area contributed by atoms with E-state index in [1.54, 1.807) is 0 Å². The fraction of sp³-hybridized carbons (Fsp3) is 0.357. The van der Waals surface area contributed by atoms with Gasteiger partial charge in [0.25, 0.3) is 5.91 Å². The molecule has 0 saturated carbocycles. The molecule has 1 aromatic rings. The number of thioether (sulfide) groups is 1. The van der Waals surface area contributed by atoms with Crippen LogP contribution in [0.2, 0.25) is 0 Å². The molecular weight excluding hydrogens is 386 g/mol. The van der Waals surface area contributed by atoms with Gasteiger partial charge in [-0.1, -0.05) is 0 Å². The van der Waals surface area contributed by atoms with Crippen molar-refractivity contribution in [1.82, 2.24) is 9.88 Å². The van der Waals surface area contributed by atoms with Crippen LogP contribution in [0.4, 0.5) is 5.13 Å². The van der Waals surface area contributed by atoms with E-state index >= 15 is 0 Å². The second-order valence-electron chi connectivity index (χ2n) is 5.41. The predicted octanol–water partition coefficient (Wildman–Crippen LogP) is 0.439. The van der Waals surface area contributed by atoms with Gasteiger partial charge in [0.05, 0.1) is 0 Å². The Bertz CT molecular complexity index is 834. The lowest BCUT2D eigenvalue weighted by atomic mass is 10.0. The lowest BCUT2D eigenvalue weighted by Crippen LogP contribution is -2.67. The van der Waals surface area contributed by atoms with Crippen molar-refractivity contribution in [3.8, 4) is 0 Å². The molecule has 3 rings (SSSR count). The largest absolute Gasteiger partial charge is 0.477 e. The molecule has 1 fully saturated rings. The Morgan fingerprint density at radius 2 is 2.12 bits per heavy atom. The molecule has 0 bridgehead atoms. The number of carboxylic acid groups (broad SMARTS) is 2. The molecule has 2 atom stereocenters. The topological polar surface area (TPSA) is 146 Å². The fourth-order valence-corrected chi connectivity index (χ4v) is 4.60. The summed E-state index contributed by atoms with van der Waals surface area (Å²) in [7, 11) is 0. The Morgan fingerprint density at radius 1 is 1.38 bits per heavy atom. The number of aromatic carboxylic acids is 1. The summed E-state index contributed by atoms with van der Waals surface area (Å²) in [4.78, 5) is 50.9. The molecule has 2 aliphatic heterocycles. The molecule has 3 N–H and O–H groups in total. The van der Waals surface area contributed by atoms with Crippen LogP contribution in [0.15, 0.2) is 16.7 Å². The first-order valence-electron chi connectivity index (χ1n) is 7.28. The lowest BCUT2D eigenvalue weighted by Gasteiger charge is -2.49. The summed E-state index contributed by atoms with van der Waals surface area (Å²) in [6, 6.07) is -0.711. The van der Waals surface area contributed by atoms with Crippen molar-refractivity contribution in [3.63, 3.8) is 0 Å². The van der Waals surface area contributed by atoms with Gasteiger partial charge in [-0.3, -0.25) is 14.5 Å². The zero-order chi connectivity index (χ0) is 19.0. The third kappa shape index (κ3) is 3.24. The van der Waals surface area contributed by atoms with E-state index in [9.17, 15) is 24.3 Å². The minimum absolute atomic E-state index is 0.132. The highest BCUT2D eigenvalue weighted by Crippen LogP contribution is 2.41. The monoisotopic (exact) mass is 399 g/mol. The number of esters is 1. The van der Waals surface area contributed by atoms with Crippen molar-refractivity contribution in [2.45, 2.75) is 18.3 Å². The van der Waals surface area contributed by atoms with Crippen molar-refractivity contribution in [3.05, 3.63) is 22.3 Å². The molecular formula is C14H13N3O7S2.